The molecule has 52 heavy (non-hydrogen) atoms. The fourth-order valence-corrected chi connectivity index (χ4v) is 8.61. The normalized spacial score (nSPS) is 13.2. The first kappa shape index (κ1) is 29.7. The van der Waals surface area contributed by atoms with Crippen LogP contribution in [0, 0.1) is 0 Å². The minimum atomic E-state index is -0.0551. The fourth-order valence-electron chi connectivity index (χ4n) is 8.61. The van der Waals surface area contributed by atoms with Crippen LogP contribution in [-0.4, -0.2) is 19.4 Å². The lowest BCUT2D eigenvalue weighted by molar-refractivity contribution is 0.591. The summed E-state index contributed by atoms with van der Waals surface area (Å²) in [5, 5.41) is 13.0. The summed E-state index contributed by atoms with van der Waals surface area (Å²) >= 11 is 0. The molecule has 0 amide bonds. The van der Waals surface area contributed by atoms with Gasteiger partial charge in [0.1, 0.15) is 5.65 Å². The molecule has 5 heterocycles. The second-order valence-corrected chi connectivity index (χ2v) is 16.8. The molecule has 1 N–H and O–H groups in total. The van der Waals surface area contributed by atoms with Crippen molar-refractivity contribution >= 4 is 104 Å². The number of aromatic nitrogens is 4. The molecule has 0 unspecified atom stereocenters. The lowest BCUT2D eigenvalue weighted by Crippen LogP contribution is -2.11. The van der Waals surface area contributed by atoms with Crippen molar-refractivity contribution in [2.24, 2.45) is 0 Å². The van der Waals surface area contributed by atoms with Crippen LogP contribution in [-0.2, 0) is 10.8 Å². The van der Waals surface area contributed by atoms with Crippen LogP contribution >= 0.6 is 0 Å². The first-order valence-corrected chi connectivity index (χ1v) is 18.3. The smallest absolute Gasteiger partial charge is 0.138 e. The molecule has 0 atom stereocenters. The number of nitrogens with zero attached hydrogens (tertiary/aromatic N) is 3. The molecule has 6 aromatic carbocycles. The highest BCUT2D eigenvalue weighted by Gasteiger charge is 2.22. The van der Waals surface area contributed by atoms with Crippen LogP contribution in [0.25, 0.3) is 104 Å². The Balaban J connectivity index is 1.49. The van der Waals surface area contributed by atoms with Crippen LogP contribution in [0.3, 0.4) is 0 Å². The summed E-state index contributed by atoms with van der Waals surface area (Å²) in [5.74, 6) is 0. The van der Waals surface area contributed by atoms with Gasteiger partial charge in [0.2, 0.25) is 0 Å². The summed E-state index contributed by atoms with van der Waals surface area (Å²) in [6.45, 7) is 13.8. The van der Waals surface area contributed by atoms with E-state index < -0.39 is 0 Å². The average molecular weight is 671 g/mol. The Hall–Kier alpha value is -6.00. The van der Waals surface area contributed by atoms with Crippen molar-refractivity contribution in [3.05, 3.63) is 126 Å². The van der Waals surface area contributed by atoms with E-state index in [0.29, 0.717) is 0 Å². The van der Waals surface area contributed by atoms with Crippen molar-refractivity contribution in [2.75, 3.05) is 0 Å². The van der Waals surface area contributed by atoms with Gasteiger partial charge in [-0.3, -0.25) is 4.40 Å². The molecule has 0 spiro atoms. The van der Waals surface area contributed by atoms with E-state index in [9.17, 15) is 0 Å². The van der Waals surface area contributed by atoms with Gasteiger partial charge in [0.25, 0.3) is 0 Å². The van der Waals surface area contributed by atoms with Gasteiger partial charge in [-0.2, -0.15) is 0 Å². The molecule has 0 aliphatic heterocycles. The monoisotopic (exact) mass is 670 g/mol. The molecule has 11 aromatic rings. The third-order valence-corrected chi connectivity index (χ3v) is 11.5. The van der Waals surface area contributed by atoms with Gasteiger partial charge >= 0.3 is 0 Å². The quantitative estimate of drug-likeness (QED) is 0.163. The van der Waals surface area contributed by atoms with Crippen LogP contribution in [0.5, 0.6) is 0 Å². The van der Waals surface area contributed by atoms with Crippen molar-refractivity contribution in [1.82, 2.24) is 19.4 Å². The zero-order valence-corrected chi connectivity index (χ0v) is 30.3. The largest absolute Gasteiger partial charge is 0.353 e. The predicted octanol–water partition coefficient (Wildman–Crippen LogP) is 13.0. The SMILES string of the molecule is CC(C)(C)c1cc2c3ccc4c5ccc6ccccc6c5n(c5ccc6ccc7ccc(nc7c6n5)c5cc(C(C)(C)C)cc6c(c1)c2[nH]c56)c4c3. The Morgan fingerprint density at radius 2 is 1.04 bits per heavy atom. The summed E-state index contributed by atoms with van der Waals surface area (Å²) < 4.78 is 2.39. The number of hydrogen-bond donors (Lipinski definition) is 1. The zero-order chi connectivity index (χ0) is 35.3. The van der Waals surface area contributed by atoms with E-state index in [1.807, 2.05) is 0 Å². The molecule has 11 rings (SSSR count). The Morgan fingerprint density at radius 3 is 1.79 bits per heavy atom. The topological polar surface area (TPSA) is 46.0 Å². The highest BCUT2D eigenvalue weighted by molar-refractivity contribution is 6.24. The summed E-state index contributed by atoms with van der Waals surface area (Å²) in [5.41, 5.74) is 10.7. The highest BCUT2D eigenvalue weighted by Crippen LogP contribution is 2.42. The van der Waals surface area contributed by atoms with E-state index in [-0.39, 0.29) is 10.8 Å². The molecule has 8 bridgehead atoms. The molecular weight excluding hydrogens is 633 g/mol. The van der Waals surface area contributed by atoms with Crippen molar-refractivity contribution in [1.29, 1.82) is 0 Å². The van der Waals surface area contributed by atoms with Gasteiger partial charge in [0.15, 0.2) is 0 Å². The number of benzene rings is 6. The summed E-state index contributed by atoms with van der Waals surface area (Å²) in [6.07, 6.45) is 0. The maximum Gasteiger partial charge on any atom is 0.138 e. The van der Waals surface area contributed by atoms with Crippen LogP contribution in [0.1, 0.15) is 52.7 Å². The van der Waals surface area contributed by atoms with E-state index in [2.05, 4.69) is 166 Å². The van der Waals surface area contributed by atoms with Crippen LogP contribution in [0.2, 0.25) is 0 Å². The first-order chi connectivity index (χ1) is 25.0. The fraction of sp³-hybridized carbons (Fsp3) is 0.167. The second-order valence-electron chi connectivity index (χ2n) is 16.8. The van der Waals surface area contributed by atoms with Crippen LogP contribution in [0.15, 0.2) is 115 Å². The number of aromatic amines is 1. The van der Waals surface area contributed by atoms with Gasteiger partial charge in [-0.25, -0.2) is 9.97 Å². The van der Waals surface area contributed by atoms with E-state index in [1.54, 1.807) is 0 Å². The van der Waals surface area contributed by atoms with Crippen LogP contribution < -0.4 is 0 Å². The average Bonchev–Trinajstić information content (AvgIpc) is 3.68. The van der Waals surface area contributed by atoms with E-state index in [0.717, 1.165) is 54.9 Å². The van der Waals surface area contributed by atoms with Crippen molar-refractivity contribution in [2.45, 2.75) is 52.4 Å². The first-order valence-electron chi connectivity index (χ1n) is 18.3. The maximum atomic E-state index is 5.52. The maximum absolute atomic E-state index is 5.52. The molecule has 4 nitrogen and oxygen atoms in total. The van der Waals surface area contributed by atoms with Gasteiger partial charge in [-0.1, -0.05) is 108 Å². The molecule has 0 fully saturated rings. The van der Waals surface area contributed by atoms with Gasteiger partial charge in [0, 0.05) is 48.5 Å². The molecule has 0 aliphatic rings. The summed E-state index contributed by atoms with van der Waals surface area (Å²) in [7, 11) is 0. The molecule has 0 saturated carbocycles. The summed E-state index contributed by atoms with van der Waals surface area (Å²) in [4.78, 5) is 15.0. The number of fused-ring (bicyclic) bond motifs is 12. The third-order valence-electron chi connectivity index (χ3n) is 11.5. The highest BCUT2D eigenvalue weighted by atomic mass is 15.0. The van der Waals surface area contributed by atoms with Crippen LogP contribution in [0.4, 0.5) is 0 Å². The zero-order valence-electron chi connectivity index (χ0n) is 30.3. The molecule has 0 saturated heterocycles. The van der Waals surface area contributed by atoms with E-state index >= 15 is 0 Å². The van der Waals surface area contributed by atoms with Gasteiger partial charge < -0.3 is 4.98 Å². The van der Waals surface area contributed by atoms with Gasteiger partial charge in [-0.15, -0.1) is 0 Å². The minimum Gasteiger partial charge on any atom is -0.353 e. The molecule has 4 heteroatoms. The Kier molecular flexibility index (Phi) is 5.63. The Morgan fingerprint density at radius 1 is 0.462 bits per heavy atom. The molecule has 0 aliphatic carbocycles. The lowest BCUT2D eigenvalue weighted by atomic mass is 9.84. The van der Waals surface area contributed by atoms with Gasteiger partial charge in [-0.05, 0) is 81.3 Å². The van der Waals surface area contributed by atoms with Crippen molar-refractivity contribution in [3.63, 3.8) is 0 Å². The van der Waals surface area contributed by atoms with E-state index in [1.165, 1.54) is 59.7 Å². The van der Waals surface area contributed by atoms with E-state index in [4.69, 9.17) is 9.97 Å². The van der Waals surface area contributed by atoms with Crippen molar-refractivity contribution < 1.29 is 0 Å². The number of H-pyrrole nitrogens is 1. The Labute approximate surface area is 300 Å². The second kappa shape index (κ2) is 9.86. The minimum absolute atomic E-state index is 0.0502. The number of pyridine rings is 2. The molecular formula is C48H38N4. The summed E-state index contributed by atoms with van der Waals surface area (Å²) in [6, 6.07) is 43.0. The molecule has 5 aromatic heterocycles. The van der Waals surface area contributed by atoms with Crippen molar-refractivity contribution in [3.8, 4) is 0 Å². The molecule has 0 radical (unpaired) electrons. The molecule has 250 valence electrons. The third kappa shape index (κ3) is 4.03. The lowest BCUT2D eigenvalue weighted by Gasteiger charge is -2.21. The Bertz CT molecular complexity index is 3360. The standard InChI is InChI=1S/C48H38N4/c1-47(2,3)30-22-35-29-14-17-33-34-18-13-26-9-7-8-10-32(26)46(34)52(40(33)21-29)41-20-16-28-12-11-27-15-19-39(49-42(27)43(28)50-41)38-25-31(48(4,5)6)24-37-36(23-30)44(35)51-45(37)38/h7-25,51H,1-6H3. The number of rotatable bonds is 0. The predicted molar refractivity (Wildman–Crippen MR) is 222 cm³/mol. The number of nitrogens with one attached hydrogen (secondary N) is 1. The van der Waals surface area contributed by atoms with Gasteiger partial charge in [0.05, 0.1) is 38.6 Å². The number of hydrogen-bond acceptors (Lipinski definition) is 2.